The van der Waals surface area contributed by atoms with Crippen LogP contribution in [0.2, 0.25) is 0 Å². The third-order valence-electron chi connectivity index (χ3n) is 6.51. The number of halogens is 4. The molecule has 0 bridgehead atoms. The van der Waals surface area contributed by atoms with Crippen LogP contribution >= 0.6 is 15.9 Å². The molecule has 1 saturated heterocycles. The summed E-state index contributed by atoms with van der Waals surface area (Å²) in [5.41, 5.74) is 3.23. The first-order valence-electron chi connectivity index (χ1n) is 11.7. The van der Waals surface area contributed by atoms with Crippen LogP contribution in [0.3, 0.4) is 0 Å². The van der Waals surface area contributed by atoms with Gasteiger partial charge in [-0.3, -0.25) is 9.80 Å². The maximum absolute atomic E-state index is 14.2. The van der Waals surface area contributed by atoms with E-state index in [2.05, 4.69) is 30.3 Å². The van der Waals surface area contributed by atoms with Gasteiger partial charge in [-0.05, 0) is 67.5 Å². The quantitative estimate of drug-likeness (QED) is 0.300. The maximum atomic E-state index is 14.2. The van der Waals surface area contributed by atoms with E-state index in [0.717, 1.165) is 53.9 Å². The number of para-hydroxylation sites is 2. The van der Waals surface area contributed by atoms with Crippen molar-refractivity contribution in [2.45, 2.75) is 26.1 Å². The normalized spacial score (nSPS) is 15.5. The first-order valence-corrected chi connectivity index (χ1v) is 12.5. The van der Waals surface area contributed by atoms with E-state index in [-0.39, 0.29) is 5.82 Å². The van der Waals surface area contributed by atoms with Crippen molar-refractivity contribution in [3.8, 4) is 0 Å². The smallest absolute Gasteiger partial charge is 0.159 e. The molecule has 0 aliphatic carbocycles. The molecule has 0 radical (unpaired) electrons. The lowest BCUT2D eigenvalue weighted by atomic mass is 10.2. The standard InChI is InChI=1S/C27H26BrF3N4/c28-21-7-9-22(29)20(15-21)17-33-10-3-11-34(13-12-33)18-27-32-25-4-1-2-5-26(25)35(27)16-19-6-8-23(30)24(31)14-19/h1-2,4-9,14-15H,3,10-13,16-18H2. The summed E-state index contributed by atoms with van der Waals surface area (Å²) >= 11 is 3.43. The maximum Gasteiger partial charge on any atom is 0.159 e. The van der Waals surface area contributed by atoms with Gasteiger partial charge in [0.25, 0.3) is 0 Å². The van der Waals surface area contributed by atoms with Gasteiger partial charge in [0.2, 0.25) is 0 Å². The number of hydrogen-bond acceptors (Lipinski definition) is 3. The Hall–Kier alpha value is -2.68. The van der Waals surface area contributed by atoms with Gasteiger partial charge in [-0.1, -0.05) is 34.1 Å². The van der Waals surface area contributed by atoms with Gasteiger partial charge < -0.3 is 4.57 Å². The zero-order chi connectivity index (χ0) is 24.4. The highest BCUT2D eigenvalue weighted by atomic mass is 79.9. The minimum Gasteiger partial charge on any atom is -0.322 e. The molecule has 0 unspecified atom stereocenters. The predicted octanol–water partition coefficient (Wildman–Crippen LogP) is 5.97. The summed E-state index contributed by atoms with van der Waals surface area (Å²) in [6.45, 7) is 5.11. The van der Waals surface area contributed by atoms with Gasteiger partial charge in [-0.25, -0.2) is 18.2 Å². The molecule has 0 saturated carbocycles. The van der Waals surface area contributed by atoms with Crippen LogP contribution in [0.1, 0.15) is 23.4 Å². The monoisotopic (exact) mass is 542 g/mol. The van der Waals surface area contributed by atoms with Gasteiger partial charge in [0.1, 0.15) is 11.6 Å². The molecule has 0 N–H and O–H groups in total. The van der Waals surface area contributed by atoms with Crippen LogP contribution in [-0.2, 0) is 19.6 Å². The highest BCUT2D eigenvalue weighted by molar-refractivity contribution is 9.10. The van der Waals surface area contributed by atoms with Crippen LogP contribution in [0.5, 0.6) is 0 Å². The second kappa shape index (κ2) is 10.5. The van der Waals surface area contributed by atoms with E-state index in [1.807, 2.05) is 30.3 Å². The molecular weight excluding hydrogens is 517 g/mol. The Bertz CT molecular complexity index is 1340. The summed E-state index contributed by atoms with van der Waals surface area (Å²) in [5.74, 6) is -0.980. The first kappa shape index (κ1) is 24.0. The third kappa shape index (κ3) is 5.60. The van der Waals surface area contributed by atoms with Gasteiger partial charge in [0.05, 0.1) is 17.6 Å². The molecule has 0 atom stereocenters. The topological polar surface area (TPSA) is 24.3 Å². The van der Waals surface area contributed by atoms with Crippen molar-refractivity contribution in [3.63, 3.8) is 0 Å². The van der Waals surface area contributed by atoms with Gasteiger partial charge in [0, 0.05) is 36.2 Å². The molecule has 0 spiro atoms. The van der Waals surface area contributed by atoms with Crippen molar-refractivity contribution in [1.29, 1.82) is 0 Å². The number of rotatable bonds is 6. The van der Waals surface area contributed by atoms with E-state index >= 15 is 0 Å². The van der Waals surface area contributed by atoms with Crippen LogP contribution in [0.15, 0.2) is 65.1 Å². The number of nitrogens with zero attached hydrogens (tertiary/aromatic N) is 4. The van der Waals surface area contributed by atoms with Crippen LogP contribution < -0.4 is 0 Å². The van der Waals surface area contributed by atoms with Gasteiger partial charge in [0.15, 0.2) is 11.6 Å². The van der Waals surface area contributed by atoms with Crippen molar-refractivity contribution in [2.24, 2.45) is 0 Å². The van der Waals surface area contributed by atoms with E-state index < -0.39 is 11.6 Å². The number of benzene rings is 3. The lowest BCUT2D eigenvalue weighted by Crippen LogP contribution is -2.31. The Morgan fingerprint density at radius 2 is 1.49 bits per heavy atom. The molecule has 2 heterocycles. The van der Waals surface area contributed by atoms with Gasteiger partial charge in [-0.15, -0.1) is 0 Å². The van der Waals surface area contributed by atoms with Gasteiger partial charge >= 0.3 is 0 Å². The zero-order valence-electron chi connectivity index (χ0n) is 19.2. The molecular formula is C27H26BrF3N4. The second-order valence-corrected chi connectivity index (χ2v) is 9.91. The average Bonchev–Trinajstić information content (AvgIpc) is 3.02. The molecule has 5 rings (SSSR count). The third-order valence-corrected chi connectivity index (χ3v) is 7.00. The lowest BCUT2D eigenvalue weighted by molar-refractivity contribution is 0.240. The zero-order valence-corrected chi connectivity index (χ0v) is 20.8. The molecule has 3 aromatic carbocycles. The largest absolute Gasteiger partial charge is 0.322 e. The Morgan fingerprint density at radius 3 is 2.29 bits per heavy atom. The lowest BCUT2D eigenvalue weighted by Gasteiger charge is -2.22. The Labute approximate surface area is 211 Å². The summed E-state index contributed by atoms with van der Waals surface area (Å²) in [6, 6.07) is 17.0. The van der Waals surface area contributed by atoms with Crippen molar-refractivity contribution in [3.05, 3.63) is 99.5 Å². The molecule has 4 aromatic rings. The second-order valence-electron chi connectivity index (χ2n) is 8.99. The summed E-state index contributed by atoms with van der Waals surface area (Å²) in [4.78, 5) is 9.51. The predicted molar refractivity (Wildman–Crippen MR) is 134 cm³/mol. The minimum atomic E-state index is -0.846. The van der Waals surface area contributed by atoms with Crippen molar-refractivity contribution >= 4 is 27.0 Å². The van der Waals surface area contributed by atoms with Crippen LogP contribution in [0.25, 0.3) is 11.0 Å². The molecule has 8 heteroatoms. The van der Waals surface area contributed by atoms with Crippen LogP contribution in [0, 0.1) is 17.5 Å². The SMILES string of the molecule is Fc1ccc(Cn2c(CN3CCCN(Cc4cc(Br)ccc4F)CC3)nc3ccccc32)cc1F. The van der Waals surface area contributed by atoms with Crippen LogP contribution in [0.4, 0.5) is 13.2 Å². The molecule has 35 heavy (non-hydrogen) atoms. The molecule has 1 aliphatic heterocycles. The minimum absolute atomic E-state index is 0.180. The van der Waals surface area contributed by atoms with E-state index in [9.17, 15) is 13.2 Å². The number of imidazole rings is 1. The number of fused-ring (bicyclic) bond motifs is 1. The number of hydrogen-bond donors (Lipinski definition) is 0. The molecule has 0 amide bonds. The summed E-state index contributed by atoms with van der Waals surface area (Å²) in [6.07, 6.45) is 0.971. The number of aromatic nitrogens is 2. The Balaban J connectivity index is 1.32. The molecule has 1 fully saturated rings. The summed E-state index contributed by atoms with van der Waals surface area (Å²) < 4.78 is 44.5. The van der Waals surface area contributed by atoms with E-state index in [0.29, 0.717) is 30.8 Å². The highest BCUT2D eigenvalue weighted by Gasteiger charge is 2.20. The summed E-state index contributed by atoms with van der Waals surface area (Å²) in [7, 11) is 0. The van der Waals surface area contributed by atoms with E-state index in [1.54, 1.807) is 12.1 Å². The van der Waals surface area contributed by atoms with Gasteiger partial charge in [-0.2, -0.15) is 0 Å². The molecule has 1 aromatic heterocycles. The fraction of sp³-hybridized carbons (Fsp3) is 0.296. The van der Waals surface area contributed by atoms with Crippen molar-refractivity contribution in [1.82, 2.24) is 19.4 Å². The Morgan fingerprint density at radius 1 is 0.743 bits per heavy atom. The first-order chi connectivity index (χ1) is 17.0. The average molecular weight is 543 g/mol. The molecule has 4 nitrogen and oxygen atoms in total. The summed E-state index contributed by atoms with van der Waals surface area (Å²) in [5, 5.41) is 0. The van der Waals surface area contributed by atoms with E-state index in [1.165, 1.54) is 18.2 Å². The van der Waals surface area contributed by atoms with Crippen LogP contribution in [-0.4, -0.2) is 45.5 Å². The molecule has 182 valence electrons. The fourth-order valence-corrected chi connectivity index (χ4v) is 5.10. The highest BCUT2D eigenvalue weighted by Crippen LogP contribution is 2.22. The van der Waals surface area contributed by atoms with Crippen molar-refractivity contribution in [2.75, 3.05) is 26.2 Å². The molecule has 1 aliphatic rings. The van der Waals surface area contributed by atoms with Crippen molar-refractivity contribution < 1.29 is 13.2 Å². The van der Waals surface area contributed by atoms with E-state index in [4.69, 9.17) is 4.98 Å². The fourth-order valence-electron chi connectivity index (χ4n) is 4.69. The Kier molecular flexibility index (Phi) is 7.22.